The Morgan fingerprint density at radius 2 is 1.74 bits per heavy atom. The third-order valence-electron chi connectivity index (χ3n) is 4.21. The van der Waals surface area contributed by atoms with E-state index >= 15 is 0 Å². The van der Waals surface area contributed by atoms with E-state index in [1.807, 2.05) is 30.3 Å². The highest BCUT2D eigenvalue weighted by molar-refractivity contribution is 5.85. The fourth-order valence-electron chi connectivity index (χ4n) is 2.54. The summed E-state index contributed by atoms with van der Waals surface area (Å²) in [6, 6.07) is 8.51. The van der Waals surface area contributed by atoms with Crippen LogP contribution < -0.4 is 10.6 Å². The van der Waals surface area contributed by atoms with Crippen molar-refractivity contribution in [2.24, 2.45) is 0 Å². The minimum atomic E-state index is -0.876. The summed E-state index contributed by atoms with van der Waals surface area (Å²) in [5, 5.41) is 5.26. The lowest BCUT2D eigenvalue weighted by Crippen LogP contribution is -2.41. The maximum Gasteiger partial charge on any atom is 0.407 e. The van der Waals surface area contributed by atoms with Crippen molar-refractivity contribution in [3.8, 4) is 0 Å². The van der Waals surface area contributed by atoms with Crippen molar-refractivity contribution < 1.29 is 33.4 Å². The summed E-state index contributed by atoms with van der Waals surface area (Å²) in [5.41, 5.74) is 0.912. The minimum Gasteiger partial charge on any atom is -0.467 e. The molecular weight excluding hydrogens is 404 g/mol. The number of hydrogen-bond acceptors (Lipinski definition) is 7. The molecule has 9 nitrogen and oxygen atoms in total. The SMILES string of the molecule is COC(=O)/C=C/C[C@@H](NC(=O)CCCCCNC(=O)OCc1ccccc1)C(=O)OC. The van der Waals surface area contributed by atoms with Crippen LogP contribution in [0.3, 0.4) is 0 Å². The van der Waals surface area contributed by atoms with Crippen molar-refractivity contribution in [1.82, 2.24) is 10.6 Å². The Labute approximate surface area is 182 Å². The highest BCUT2D eigenvalue weighted by Gasteiger charge is 2.20. The van der Waals surface area contributed by atoms with Gasteiger partial charge in [0.15, 0.2) is 0 Å². The largest absolute Gasteiger partial charge is 0.467 e. The third kappa shape index (κ3) is 12.0. The first-order valence-electron chi connectivity index (χ1n) is 10.0. The van der Waals surface area contributed by atoms with Crippen molar-refractivity contribution in [3.05, 3.63) is 48.0 Å². The lowest BCUT2D eigenvalue weighted by Gasteiger charge is -2.14. The van der Waals surface area contributed by atoms with Gasteiger partial charge in [-0.25, -0.2) is 14.4 Å². The first-order valence-corrected chi connectivity index (χ1v) is 10.0. The predicted octanol–water partition coefficient (Wildman–Crippen LogP) is 2.25. The summed E-state index contributed by atoms with van der Waals surface area (Å²) in [5.74, 6) is -1.44. The molecule has 0 bridgehead atoms. The number of unbranched alkanes of at least 4 members (excludes halogenated alkanes) is 2. The average Bonchev–Trinajstić information content (AvgIpc) is 2.79. The van der Waals surface area contributed by atoms with E-state index in [0.717, 1.165) is 12.0 Å². The molecule has 1 rings (SSSR count). The van der Waals surface area contributed by atoms with Gasteiger partial charge in [0.1, 0.15) is 12.6 Å². The number of nitrogens with one attached hydrogen (secondary N) is 2. The van der Waals surface area contributed by atoms with Crippen LogP contribution in [0.15, 0.2) is 42.5 Å². The molecule has 1 atom stereocenters. The summed E-state index contributed by atoms with van der Waals surface area (Å²) in [6.07, 6.45) is 4.49. The Morgan fingerprint density at radius 3 is 2.42 bits per heavy atom. The molecule has 0 saturated heterocycles. The highest BCUT2D eigenvalue weighted by atomic mass is 16.5. The number of esters is 2. The molecule has 0 unspecified atom stereocenters. The second-order valence-electron chi connectivity index (χ2n) is 6.60. The van der Waals surface area contributed by atoms with Gasteiger partial charge in [0, 0.05) is 19.0 Å². The maximum absolute atomic E-state index is 12.1. The molecule has 31 heavy (non-hydrogen) atoms. The molecule has 0 aliphatic carbocycles. The van der Waals surface area contributed by atoms with Crippen molar-refractivity contribution in [3.63, 3.8) is 0 Å². The lowest BCUT2D eigenvalue weighted by molar-refractivity contribution is -0.145. The fourth-order valence-corrected chi connectivity index (χ4v) is 2.54. The molecular formula is C22H30N2O7. The fraction of sp³-hybridized carbons (Fsp3) is 0.455. The van der Waals surface area contributed by atoms with Crippen LogP contribution in [0.25, 0.3) is 0 Å². The number of rotatable bonds is 13. The molecule has 170 valence electrons. The number of benzene rings is 1. The van der Waals surface area contributed by atoms with Crippen LogP contribution in [0.2, 0.25) is 0 Å². The summed E-state index contributed by atoms with van der Waals surface area (Å²) in [6.45, 7) is 0.654. The molecule has 2 N–H and O–H groups in total. The van der Waals surface area contributed by atoms with Gasteiger partial charge in [-0.2, -0.15) is 0 Å². The number of methoxy groups -OCH3 is 2. The molecule has 1 aromatic rings. The molecule has 1 aromatic carbocycles. The maximum atomic E-state index is 12.1. The standard InChI is InChI=1S/C22H30N2O7/c1-29-20(26)14-9-12-18(21(27)30-2)24-19(25)13-7-4-8-15-23-22(28)31-16-17-10-5-3-6-11-17/h3,5-6,9-11,14,18H,4,7-8,12-13,15-16H2,1-2H3,(H,23,28)(H,24,25)/b14-9+/t18-/m1/s1. The van der Waals surface area contributed by atoms with Crippen LogP contribution in [0, 0.1) is 0 Å². The van der Waals surface area contributed by atoms with E-state index in [-0.39, 0.29) is 25.4 Å². The summed E-state index contributed by atoms with van der Waals surface area (Å²) >= 11 is 0. The number of ether oxygens (including phenoxy) is 3. The molecule has 0 aromatic heterocycles. The van der Waals surface area contributed by atoms with Crippen molar-refractivity contribution in [1.29, 1.82) is 0 Å². The van der Waals surface area contributed by atoms with Gasteiger partial charge in [-0.05, 0) is 24.8 Å². The van der Waals surface area contributed by atoms with Crippen LogP contribution in [-0.2, 0) is 35.2 Å². The van der Waals surface area contributed by atoms with Gasteiger partial charge in [0.05, 0.1) is 14.2 Å². The van der Waals surface area contributed by atoms with E-state index in [9.17, 15) is 19.2 Å². The Kier molecular flexibility index (Phi) is 12.8. The summed E-state index contributed by atoms with van der Waals surface area (Å²) in [4.78, 5) is 46.6. The second-order valence-corrected chi connectivity index (χ2v) is 6.60. The van der Waals surface area contributed by atoms with Gasteiger partial charge in [0.25, 0.3) is 0 Å². The Hall–Kier alpha value is -3.36. The van der Waals surface area contributed by atoms with Crippen LogP contribution in [0.1, 0.15) is 37.7 Å². The average molecular weight is 434 g/mol. The Balaban J connectivity index is 2.18. The number of hydrogen-bond donors (Lipinski definition) is 2. The zero-order valence-corrected chi connectivity index (χ0v) is 17.9. The van der Waals surface area contributed by atoms with E-state index < -0.39 is 24.1 Å². The van der Waals surface area contributed by atoms with E-state index in [1.54, 1.807) is 0 Å². The molecule has 9 heteroatoms. The summed E-state index contributed by atoms with van der Waals surface area (Å²) in [7, 11) is 2.47. The zero-order valence-electron chi connectivity index (χ0n) is 17.9. The minimum absolute atomic E-state index is 0.114. The Bertz CT molecular complexity index is 735. The number of carbonyl (C=O) groups is 4. The number of amides is 2. The van der Waals surface area contributed by atoms with Crippen molar-refractivity contribution in [2.45, 2.75) is 44.8 Å². The molecule has 2 amide bonds. The van der Waals surface area contributed by atoms with E-state index in [1.165, 1.54) is 26.4 Å². The van der Waals surface area contributed by atoms with Gasteiger partial charge in [-0.3, -0.25) is 4.79 Å². The lowest BCUT2D eigenvalue weighted by atomic mass is 10.1. The van der Waals surface area contributed by atoms with Gasteiger partial charge in [-0.15, -0.1) is 0 Å². The first kappa shape index (κ1) is 25.7. The topological polar surface area (TPSA) is 120 Å². The molecule has 0 aliphatic rings. The molecule has 0 heterocycles. The summed E-state index contributed by atoms with van der Waals surface area (Å²) < 4.78 is 14.3. The van der Waals surface area contributed by atoms with E-state index in [2.05, 4.69) is 20.1 Å². The Morgan fingerprint density at radius 1 is 1.00 bits per heavy atom. The smallest absolute Gasteiger partial charge is 0.407 e. The van der Waals surface area contributed by atoms with Crippen molar-refractivity contribution >= 4 is 23.9 Å². The zero-order chi connectivity index (χ0) is 22.9. The molecule has 0 aliphatic heterocycles. The van der Waals surface area contributed by atoms with Crippen molar-refractivity contribution in [2.75, 3.05) is 20.8 Å². The van der Waals surface area contributed by atoms with Gasteiger partial charge >= 0.3 is 18.0 Å². The third-order valence-corrected chi connectivity index (χ3v) is 4.21. The molecule has 0 fully saturated rings. The monoisotopic (exact) mass is 434 g/mol. The number of carbonyl (C=O) groups excluding carboxylic acids is 4. The van der Waals surface area contributed by atoms with Gasteiger partial charge in [-0.1, -0.05) is 42.8 Å². The first-order chi connectivity index (χ1) is 15.0. The van der Waals surface area contributed by atoms with E-state index in [4.69, 9.17) is 4.74 Å². The molecule has 0 saturated carbocycles. The van der Waals surface area contributed by atoms with Crippen LogP contribution in [-0.4, -0.2) is 50.7 Å². The normalized spacial score (nSPS) is 11.4. The van der Waals surface area contributed by atoms with E-state index in [0.29, 0.717) is 19.4 Å². The van der Waals surface area contributed by atoms with Crippen LogP contribution in [0.4, 0.5) is 4.79 Å². The second kappa shape index (κ2) is 15.5. The van der Waals surface area contributed by atoms with Gasteiger partial charge in [0.2, 0.25) is 5.91 Å². The number of alkyl carbamates (subject to hydrolysis) is 1. The predicted molar refractivity (Wildman–Crippen MR) is 113 cm³/mol. The van der Waals surface area contributed by atoms with Crippen LogP contribution >= 0.6 is 0 Å². The quantitative estimate of drug-likeness (QED) is 0.211. The molecule has 0 spiro atoms. The highest BCUT2D eigenvalue weighted by Crippen LogP contribution is 2.03. The molecule has 0 radical (unpaired) electrons. The van der Waals surface area contributed by atoms with Gasteiger partial charge < -0.3 is 24.8 Å². The van der Waals surface area contributed by atoms with Crippen LogP contribution in [0.5, 0.6) is 0 Å².